The highest BCUT2D eigenvalue weighted by Crippen LogP contribution is 2.48. The molecule has 32 heavy (non-hydrogen) atoms. The molecule has 0 amide bonds. The number of fused-ring (bicyclic) bond motifs is 1. The predicted molar refractivity (Wildman–Crippen MR) is 108 cm³/mol. The Hall–Kier alpha value is -3.48. The zero-order chi connectivity index (χ0) is 23.2. The lowest BCUT2D eigenvalue weighted by Crippen LogP contribution is -2.35. The number of hydrogen-bond acceptors (Lipinski definition) is 4. The highest BCUT2D eigenvalue weighted by atomic mass is 19.3. The Morgan fingerprint density at radius 1 is 1.19 bits per heavy atom. The Morgan fingerprint density at radius 2 is 1.88 bits per heavy atom. The molecule has 10 heteroatoms. The summed E-state index contributed by atoms with van der Waals surface area (Å²) in [6.45, 7) is 1.52. The molecule has 166 valence electrons. The highest BCUT2D eigenvalue weighted by molar-refractivity contribution is 5.88. The molecule has 3 aromatic rings. The second kappa shape index (κ2) is 7.89. The number of nitrogens with one attached hydrogen (secondary N) is 1. The van der Waals surface area contributed by atoms with Crippen molar-refractivity contribution in [2.24, 2.45) is 0 Å². The summed E-state index contributed by atoms with van der Waals surface area (Å²) in [6, 6.07) is 3.89. The number of hydrogen-bond donors (Lipinski definition) is 1. The van der Waals surface area contributed by atoms with Gasteiger partial charge in [0.15, 0.2) is 0 Å². The second-order valence-electron chi connectivity index (χ2n) is 7.64. The molecule has 4 rings (SSSR count). The predicted octanol–water partition coefficient (Wildman–Crippen LogP) is 4.78. The quantitative estimate of drug-likeness (QED) is 0.436. The van der Waals surface area contributed by atoms with Crippen LogP contribution in [0.4, 0.5) is 27.8 Å². The average Bonchev–Trinajstić information content (AvgIpc) is 3.55. The number of halogens is 5. The van der Waals surface area contributed by atoms with Crippen molar-refractivity contribution in [1.29, 1.82) is 0 Å². The van der Waals surface area contributed by atoms with E-state index in [0.717, 1.165) is 16.7 Å². The number of anilines is 1. The van der Waals surface area contributed by atoms with Crippen molar-refractivity contribution in [1.82, 2.24) is 14.5 Å². The van der Waals surface area contributed by atoms with Crippen LogP contribution in [0.5, 0.6) is 0 Å². The lowest BCUT2D eigenvalue weighted by Gasteiger charge is -2.21. The molecule has 1 atom stereocenters. The fraction of sp³-hybridized carbons (Fsp3) is 0.318. The first-order valence-electron chi connectivity index (χ1n) is 9.70. The molecule has 1 aromatic carbocycles. The highest BCUT2D eigenvalue weighted by Gasteiger charge is 2.53. The van der Waals surface area contributed by atoms with Gasteiger partial charge in [0, 0.05) is 17.8 Å². The lowest BCUT2D eigenvalue weighted by atomic mass is 10.0. The number of aromatic nitrogens is 3. The minimum absolute atomic E-state index is 0.0450. The van der Waals surface area contributed by atoms with Gasteiger partial charge in [0.05, 0.1) is 22.5 Å². The molecule has 1 saturated carbocycles. The second-order valence-corrected chi connectivity index (χ2v) is 7.64. The fourth-order valence-corrected chi connectivity index (χ4v) is 3.67. The molecule has 0 bridgehead atoms. The van der Waals surface area contributed by atoms with Gasteiger partial charge in [-0.3, -0.25) is 4.79 Å². The number of benzene rings is 1. The van der Waals surface area contributed by atoms with Gasteiger partial charge in [-0.2, -0.15) is 0 Å². The van der Waals surface area contributed by atoms with E-state index in [4.69, 9.17) is 6.42 Å². The summed E-state index contributed by atoms with van der Waals surface area (Å²) in [7, 11) is 0. The van der Waals surface area contributed by atoms with Crippen molar-refractivity contribution in [3.63, 3.8) is 0 Å². The average molecular weight is 448 g/mol. The third-order valence-corrected chi connectivity index (χ3v) is 5.62. The van der Waals surface area contributed by atoms with Crippen LogP contribution in [0.3, 0.4) is 0 Å². The van der Waals surface area contributed by atoms with Crippen LogP contribution >= 0.6 is 0 Å². The molecule has 0 radical (unpaired) electrons. The van der Waals surface area contributed by atoms with E-state index in [1.165, 1.54) is 25.3 Å². The number of alkyl halides is 4. The Bertz CT molecular complexity index is 1290. The molecule has 1 N–H and O–H groups in total. The van der Waals surface area contributed by atoms with Crippen LogP contribution in [0.15, 0.2) is 35.3 Å². The molecule has 1 aliphatic carbocycles. The Balaban J connectivity index is 1.82. The van der Waals surface area contributed by atoms with Crippen LogP contribution in [0.2, 0.25) is 0 Å². The normalized spacial score (nSPS) is 15.7. The number of rotatable bonds is 6. The molecule has 0 unspecified atom stereocenters. The summed E-state index contributed by atoms with van der Waals surface area (Å²) in [5.74, 6) is 1.16. The summed E-state index contributed by atoms with van der Waals surface area (Å²) in [6.07, 6.45) is 1.17. The maximum Gasteiger partial charge on any atom is 0.266 e. The van der Waals surface area contributed by atoms with Crippen molar-refractivity contribution >= 4 is 16.7 Å². The summed E-state index contributed by atoms with van der Waals surface area (Å²) in [5, 5.41) is 3.11. The molecule has 1 fully saturated rings. The molecule has 0 spiro atoms. The van der Waals surface area contributed by atoms with Crippen LogP contribution in [0.1, 0.15) is 49.2 Å². The van der Waals surface area contributed by atoms with Crippen LogP contribution in [-0.4, -0.2) is 21.0 Å². The van der Waals surface area contributed by atoms with E-state index in [1.54, 1.807) is 0 Å². The van der Waals surface area contributed by atoms with Crippen LogP contribution in [0, 0.1) is 18.2 Å². The van der Waals surface area contributed by atoms with E-state index >= 15 is 0 Å². The number of terminal acetylenes is 1. The van der Waals surface area contributed by atoms with Gasteiger partial charge in [0.25, 0.3) is 18.4 Å². The third-order valence-electron chi connectivity index (χ3n) is 5.62. The van der Waals surface area contributed by atoms with Crippen molar-refractivity contribution in [2.75, 3.05) is 5.32 Å². The molecule has 5 nitrogen and oxygen atoms in total. The summed E-state index contributed by atoms with van der Waals surface area (Å²) >= 11 is 0. The van der Waals surface area contributed by atoms with Gasteiger partial charge in [0.2, 0.25) is 5.82 Å². The molecular formula is C22H17F5N4O. The van der Waals surface area contributed by atoms with E-state index < -0.39 is 41.4 Å². The molecule has 0 aliphatic heterocycles. The van der Waals surface area contributed by atoms with Gasteiger partial charge in [-0.1, -0.05) is 18.2 Å². The van der Waals surface area contributed by atoms with Gasteiger partial charge in [-0.05, 0) is 25.7 Å². The van der Waals surface area contributed by atoms with Crippen LogP contribution < -0.4 is 10.9 Å². The SMILES string of the molecule is C#Cc1nc(N[C@H](C)c2cccc(C(F)F)c2F)c2cn(C3(C(F)F)CC3)c(=O)cc2n1. The number of nitrogens with zero attached hydrogens (tertiary/aromatic N) is 3. The third kappa shape index (κ3) is 3.57. The van der Waals surface area contributed by atoms with Crippen molar-refractivity contribution in [2.45, 2.75) is 44.2 Å². The van der Waals surface area contributed by atoms with Crippen LogP contribution in [0.25, 0.3) is 10.9 Å². The molecule has 2 aromatic heterocycles. The molecule has 1 aliphatic rings. The summed E-state index contributed by atoms with van der Waals surface area (Å²) in [4.78, 5) is 20.7. The maximum absolute atomic E-state index is 14.6. The summed E-state index contributed by atoms with van der Waals surface area (Å²) < 4.78 is 68.9. The first kappa shape index (κ1) is 21.7. The van der Waals surface area contributed by atoms with Gasteiger partial charge in [0.1, 0.15) is 17.2 Å². The Labute approximate surface area is 179 Å². The van der Waals surface area contributed by atoms with E-state index in [2.05, 4.69) is 21.2 Å². The Morgan fingerprint density at radius 3 is 2.47 bits per heavy atom. The molecule has 2 heterocycles. The minimum atomic E-state index is -2.99. The van der Waals surface area contributed by atoms with Gasteiger partial charge < -0.3 is 9.88 Å². The standard InChI is InChI=1S/C22H17F5N4O/c1-3-16-29-15-9-17(32)31(22(7-8-22)21(26)27)10-14(15)20(30-16)28-11(2)12-5-4-6-13(18(12)23)19(24)25/h1,4-6,9-11,19,21H,7-8H2,2H3,(H,28,29,30)/t11-/m1/s1. The van der Waals surface area contributed by atoms with E-state index in [0.29, 0.717) is 0 Å². The maximum atomic E-state index is 14.6. The van der Waals surface area contributed by atoms with Crippen molar-refractivity contribution in [3.8, 4) is 12.3 Å². The molecular weight excluding hydrogens is 431 g/mol. The monoisotopic (exact) mass is 448 g/mol. The first-order chi connectivity index (χ1) is 15.2. The smallest absolute Gasteiger partial charge is 0.266 e. The van der Waals surface area contributed by atoms with Crippen molar-refractivity contribution < 1.29 is 22.0 Å². The minimum Gasteiger partial charge on any atom is -0.363 e. The van der Waals surface area contributed by atoms with E-state index in [9.17, 15) is 26.7 Å². The van der Waals surface area contributed by atoms with Gasteiger partial charge >= 0.3 is 0 Å². The zero-order valence-corrected chi connectivity index (χ0v) is 16.8. The van der Waals surface area contributed by atoms with E-state index in [1.807, 2.05) is 0 Å². The van der Waals surface area contributed by atoms with Crippen molar-refractivity contribution in [3.05, 3.63) is 63.6 Å². The zero-order valence-electron chi connectivity index (χ0n) is 16.8. The fourth-order valence-electron chi connectivity index (χ4n) is 3.67. The van der Waals surface area contributed by atoms with Crippen LogP contribution in [-0.2, 0) is 5.54 Å². The molecule has 0 saturated heterocycles. The summed E-state index contributed by atoms with van der Waals surface area (Å²) in [5.41, 5.74) is -2.91. The lowest BCUT2D eigenvalue weighted by molar-refractivity contribution is 0.0654. The number of pyridine rings is 1. The largest absolute Gasteiger partial charge is 0.363 e. The van der Waals surface area contributed by atoms with Gasteiger partial charge in [-0.15, -0.1) is 6.42 Å². The topological polar surface area (TPSA) is 59.8 Å². The van der Waals surface area contributed by atoms with Gasteiger partial charge in [-0.25, -0.2) is 31.9 Å². The van der Waals surface area contributed by atoms with E-state index in [-0.39, 0.29) is 41.0 Å². The Kier molecular flexibility index (Phi) is 5.36. The first-order valence-corrected chi connectivity index (χ1v) is 9.70.